The van der Waals surface area contributed by atoms with Crippen molar-refractivity contribution in [2.75, 3.05) is 7.11 Å². The summed E-state index contributed by atoms with van der Waals surface area (Å²) >= 11 is 0. The van der Waals surface area contributed by atoms with Gasteiger partial charge in [-0.15, -0.1) is 6.58 Å². The van der Waals surface area contributed by atoms with Crippen molar-refractivity contribution in [3.63, 3.8) is 0 Å². The third-order valence-electron chi connectivity index (χ3n) is 2.09. The second kappa shape index (κ2) is 5.15. The van der Waals surface area contributed by atoms with E-state index in [1.54, 1.807) is 7.11 Å². The Kier molecular flexibility index (Phi) is 4.91. The largest absolute Gasteiger partial charge is 0.374 e. The van der Waals surface area contributed by atoms with Gasteiger partial charge in [0, 0.05) is 7.11 Å². The molecule has 12 heavy (non-hydrogen) atoms. The van der Waals surface area contributed by atoms with Crippen LogP contribution in [0.3, 0.4) is 0 Å². The first kappa shape index (κ1) is 11.4. The molecule has 0 fully saturated rings. The lowest BCUT2D eigenvalue weighted by atomic mass is 9.99. The predicted octanol–water partition coefficient (Wildman–Crippen LogP) is 3.32. The Bertz CT molecular complexity index is 166. The number of hydrogen-bond acceptors (Lipinski definition) is 1. The van der Waals surface area contributed by atoms with Gasteiger partial charge in [0.2, 0.25) is 0 Å². The van der Waals surface area contributed by atoms with Crippen molar-refractivity contribution in [3.05, 3.63) is 24.3 Å². The Morgan fingerprint density at radius 2 is 2.08 bits per heavy atom. The van der Waals surface area contributed by atoms with Gasteiger partial charge in [-0.25, -0.2) is 0 Å². The van der Waals surface area contributed by atoms with Gasteiger partial charge < -0.3 is 4.74 Å². The summed E-state index contributed by atoms with van der Waals surface area (Å²) in [6.07, 6.45) is 6.14. The maximum Gasteiger partial charge on any atom is 0.0831 e. The molecule has 0 aromatic carbocycles. The predicted molar refractivity (Wildman–Crippen MR) is 54.3 cm³/mol. The SMILES string of the molecule is C=C[C@@](C)(CCC=C(C)C)OC. The van der Waals surface area contributed by atoms with Gasteiger partial charge in [-0.2, -0.15) is 0 Å². The van der Waals surface area contributed by atoms with Crippen LogP contribution in [0.5, 0.6) is 0 Å². The highest BCUT2D eigenvalue weighted by Crippen LogP contribution is 2.18. The third kappa shape index (κ3) is 4.35. The molecular weight excluding hydrogens is 148 g/mol. The lowest BCUT2D eigenvalue weighted by Crippen LogP contribution is -2.23. The van der Waals surface area contributed by atoms with Crippen LogP contribution in [0.25, 0.3) is 0 Å². The minimum Gasteiger partial charge on any atom is -0.374 e. The van der Waals surface area contributed by atoms with Crippen molar-refractivity contribution in [2.45, 2.75) is 39.2 Å². The van der Waals surface area contributed by atoms with Crippen LogP contribution in [0.2, 0.25) is 0 Å². The standard InChI is InChI=1S/C11H20O/c1-6-11(4,12-5)9-7-8-10(2)3/h6,8H,1,7,9H2,2-5H3/t11-/m0/s1. The summed E-state index contributed by atoms with van der Waals surface area (Å²) in [5.74, 6) is 0. The Morgan fingerprint density at radius 1 is 1.50 bits per heavy atom. The van der Waals surface area contributed by atoms with Gasteiger partial charge in [-0.3, -0.25) is 0 Å². The minimum absolute atomic E-state index is 0.161. The topological polar surface area (TPSA) is 9.23 Å². The summed E-state index contributed by atoms with van der Waals surface area (Å²) in [4.78, 5) is 0. The molecular formula is C11H20O. The average Bonchev–Trinajstić information content (AvgIpc) is 2.03. The monoisotopic (exact) mass is 168 g/mol. The smallest absolute Gasteiger partial charge is 0.0831 e. The number of hydrogen-bond donors (Lipinski definition) is 0. The molecule has 1 heteroatoms. The van der Waals surface area contributed by atoms with Gasteiger partial charge in [0.25, 0.3) is 0 Å². The summed E-state index contributed by atoms with van der Waals surface area (Å²) in [7, 11) is 1.73. The van der Waals surface area contributed by atoms with E-state index < -0.39 is 0 Å². The molecule has 0 aliphatic heterocycles. The first-order chi connectivity index (χ1) is 5.54. The van der Waals surface area contributed by atoms with E-state index in [2.05, 4.69) is 33.4 Å². The fourth-order valence-electron chi connectivity index (χ4n) is 0.935. The number of allylic oxidation sites excluding steroid dienone is 2. The van der Waals surface area contributed by atoms with Crippen molar-refractivity contribution in [1.29, 1.82) is 0 Å². The van der Waals surface area contributed by atoms with E-state index in [9.17, 15) is 0 Å². The Labute approximate surface area is 76.1 Å². The van der Waals surface area contributed by atoms with Gasteiger partial charge in [0.15, 0.2) is 0 Å². The van der Waals surface area contributed by atoms with E-state index in [1.807, 2.05) is 6.08 Å². The van der Waals surface area contributed by atoms with Crippen molar-refractivity contribution < 1.29 is 4.74 Å². The number of methoxy groups -OCH3 is 1. The zero-order chi connectivity index (χ0) is 9.61. The minimum atomic E-state index is -0.161. The highest BCUT2D eigenvalue weighted by atomic mass is 16.5. The Hall–Kier alpha value is -0.560. The van der Waals surface area contributed by atoms with Crippen LogP contribution in [-0.2, 0) is 4.74 Å². The molecule has 0 unspecified atom stereocenters. The molecule has 0 amide bonds. The van der Waals surface area contributed by atoms with Gasteiger partial charge in [0.05, 0.1) is 5.60 Å². The summed E-state index contributed by atoms with van der Waals surface area (Å²) in [5, 5.41) is 0. The van der Waals surface area contributed by atoms with Crippen LogP contribution in [0.4, 0.5) is 0 Å². The number of rotatable bonds is 5. The van der Waals surface area contributed by atoms with E-state index in [-0.39, 0.29) is 5.60 Å². The quantitative estimate of drug-likeness (QED) is 0.572. The van der Waals surface area contributed by atoms with Crippen LogP contribution >= 0.6 is 0 Å². The third-order valence-corrected chi connectivity index (χ3v) is 2.09. The summed E-state index contributed by atoms with van der Waals surface area (Å²) < 4.78 is 5.32. The molecule has 0 N–H and O–H groups in total. The molecule has 0 heterocycles. The average molecular weight is 168 g/mol. The van der Waals surface area contributed by atoms with Crippen molar-refractivity contribution in [1.82, 2.24) is 0 Å². The second-order valence-electron chi connectivity index (χ2n) is 3.54. The summed E-state index contributed by atoms with van der Waals surface area (Å²) in [5.41, 5.74) is 1.20. The van der Waals surface area contributed by atoms with Gasteiger partial charge >= 0.3 is 0 Å². The van der Waals surface area contributed by atoms with Crippen LogP contribution in [-0.4, -0.2) is 12.7 Å². The Morgan fingerprint density at radius 3 is 2.42 bits per heavy atom. The fourth-order valence-corrected chi connectivity index (χ4v) is 0.935. The van der Waals surface area contributed by atoms with E-state index >= 15 is 0 Å². The highest BCUT2D eigenvalue weighted by Gasteiger charge is 2.16. The van der Waals surface area contributed by atoms with E-state index in [1.165, 1.54) is 5.57 Å². The van der Waals surface area contributed by atoms with Crippen LogP contribution < -0.4 is 0 Å². The molecule has 0 rings (SSSR count). The van der Waals surface area contributed by atoms with Gasteiger partial charge in [0.1, 0.15) is 0 Å². The molecule has 0 aliphatic carbocycles. The van der Waals surface area contributed by atoms with Crippen LogP contribution in [0.1, 0.15) is 33.6 Å². The maximum atomic E-state index is 5.32. The van der Waals surface area contributed by atoms with E-state index in [0.717, 1.165) is 12.8 Å². The molecule has 1 nitrogen and oxygen atoms in total. The first-order valence-electron chi connectivity index (χ1n) is 4.36. The Balaban J connectivity index is 3.89. The van der Waals surface area contributed by atoms with Crippen molar-refractivity contribution in [3.8, 4) is 0 Å². The first-order valence-corrected chi connectivity index (χ1v) is 4.36. The highest BCUT2D eigenvalue weighted by molar-refractivity contribution is 4.98. The van der Waals surface area contributed by atoms with E-state index in [0.29, 0.717) is 0 Å². The maximum absolute atomic E-state index is 5.32. The molecule has 0 aromatic rings. The zero-order valence-corrected chi connectivity index (χ0v) is 8.68. The van der Waals surface area contributed by atoms with Crippen LogP contribution in [0.15, 0.2) is 24.3 Å². The molecule has 0 saturated carbocycles. The van der Waals surface area contributed by atoms with Crippen LogP contribution in [0, 0.1) is 0 Å². The van der Waals surface area contributed by atoms with Crippen molar-refractivity contribution in [2.24, 2.45) is 0 Å². The molecule has 0 aliphatic rings. The van der Waals surface area contributed by atoms with Gasteiger partial charge in [-0.05, 0) is 33.6 Å². The second-order valence-corrected chi connectivity index (χ2v) is 3.54. The van der Waals surface area contributed by atoms with E-state index in [4.69, 9.17) is 4.74 Å². The van der Waals surface area contributed by atoms with Crippen molar-refractivity contribution >= 4 is 0 Å². The summed E-state index contributed by atoms with van der Waals surface area (Å²) in [6.45, 7) is 10.0. The lowest BCUT2D eigenvalue weighted by Gasteiger charge is -2.23. The molecule has 0 radical (unpaired) electrons. The molecule has 0 bridgehead atoms. The molecule has 0 saturated heterocycles. The summed E-state index contributed by atoms with van der Waals surface area (Å²) in [6, 6.07) is 0. The zero-order valence-electron chi connectivity index (χ0n) is 8.68. The molecule has 0 aromatic heterocycles. The fraction of sp³-hybridized carbons (Fsp3) is 0.636. The van der Waals surface area contributed by atoms with Gasteiger partial charge in [-0.1, -0.05) is 17.7 Å². The molecule has 70 valence electrons. The molecule has 0 spiro atoms. The molecule has 1 atom stereocenters. The lowest BCUT2D eigenvalue weighted by molar-refractivity contribution is 0.0425. The normalized spacial score (nSPS) is 15.0. The number of ether oxygens (including phenoxy) is 1.